The number of halogens is 2. The van der Waals surface area contributed by atoms with Crippen molar-refractivity contribution in [2.45, 2.75) is 19.4 Å². The quantitative estimate of drug-likeness (QED) is 0.751. The van der Waals surface area contributed by atoms with E-state index in [2.05, 4.69) is 5.32 Å². The summed E-state index contributed by atoms with van der Waals surface area (Å²) in [6.07, 6.45) is 1.20. The van der Waals surface area contributed by atoms with Crippen LogP contribution in [-0.2, 0) is 21.5 Å². The van der Waals surface area contributed by atoms with Crippen molar-refractivity contribution in [3.05, 3.63) is 64.9 Å². The van der Waals surface area contributed by atoms with Gasteiger partial charge < -0.3 is 5.32 Å². The molecule has 156 valence electrons. The number of hydrogen-bond donors (Lipinski definition) is 1. The molecule has 0 bridgehead atoms. The van der Waals surface area contributed by atoms with E-state index in [1.165, 1.54) is 35.6 Å². The third kappa shape index (κ3) is 5.07. The van der Waals surface area contributed by atoms with Crippen LogP contribution in [0.3, 0.4) is 0 Å². The Morgan fingerprint density at radius 3 is 2.62 bits per heavy atom. The molecule has 0 unspecified atom stereocenters. The zero-order valence-corrected chi connectivity index (χ0v) is 17.6. The van der Waals surface area contributed by atoms with E-state index in [0.29, 0.717) is 30.1 Å². The van der Waals surface area contributed by atoms with Gasteiger partial charge in [-0.15, -0.1) is 0 Å². The van der Waals surface area contributed by atoms with Crippen LogP contribution in [0.2, 0.25) is 5.02 Å². The molecule has 0 saturated carbocycles. The summed E-state index contributed by atoms with van der Waals surface area (Å²) >= 11 is 6.11. The van der Waals surface area contributed by atoms with Gasteiger partial charge in [-0.3, -0.25) is 9.10 Å². The average Bonchev–Trinajstić information content (AvgIpc) is 2.73. The molecule has 1 atom stereocenters. The van der Waals surface area contributed by atoms with E-state index in [1.807, 2.05) is 18.2 Å². The Hall–Kier alpha value is -2.16. The molecule has 0 radical (unpaired) electrons. The minimum atomic E-state index is -3.83. The molecule has 0 spiro atoms. The third-order valence-electron chi connectivity index (χ3n) is 5.03. The molecule has 29 heavy (non-hydrogen) atoms. The van der Waals surface area contributed by atoms with Crippen LogP contribution in [-0.4, -0.2) is 38.8 Å². The molecular formula is C20H23ClFN3O3S. The molecule has 1 fully saturated rings. The predicted octanol–water partition coefficient (Wildman–Crippen LogP) is 3.19. The first-order chi connectivity index (χ1) is 13.8. The molecule has 1 amide bonds. The van der Waals surface area contributed by atoms with Gasteiger partial charge in [0.2, 0.25) is 5.91 Å². The molecule has 1 saturated heterocycles. The van der Waals surface area contributed by atoms with Crippen LogP contribution in [0.25, 0.3) is 0 Å². The summed E-state index contributed by atoms with van der Waals surface area (Å²) in [5, 5.41) is 3.42. The Morgan fingerprint density at radius 1 is 1.24 bits per heavy atom. The van der Waals surface area contributed by atoms with Gasteiger partial charge in [0.25, 0.3) is 0 Å². The van der Waals surface area contributed by atoms with Crippen molar-refractivity contribution in [3.8, 4) is 0 Å². The Bertz CT molecular complexity index is 969. The molecule has 6 nitrogen and oxygen atoms in total. The highest BCUT2D eigenvalue weighted by atomic mass is 35.5. The molecule has 2 aromatic rings. The number of amides is 1. The van der Waals surface area contributed by atoms with E-state index in [1.54, 1.807) is 6.07 Å². The monoisotopic (exact) mass is 439 g/mol. The van der Waals surface area contributed by atoms with Crippen LogP contribution >= 0.6 is 11.6 Å². The van der Waals surface area contributed by atoms with Crippen molar-refractivity contribution < 1.29 is 17.6 Å². The number of piperidine rings is 1. The number of nitrogens with one attached hydrogen (secondary N) is 1. The number of rotatable bonds is 6. The zero-order valence-electron chi connectivity index (χ0n) is 16.0. The highest BCUT2D eigenvalue weighted by Crippen LogP contribution is 2.25. The van der Waals surface area contributed by atoms with E-state index < -0.39 is 21.9 Å². The lowest BCUT2D eigenvalue weighted by atomic mass is 9.99. The first kappa shape index (κ1) is 21.5. The molecule has 2 aromatic carbocycles. The molecule has 1 aliphatic heterocycles. The van der Waals surface area contributed by atoms with Gasteiger partial charge in [-0.05, 0) is 48.7 Å². The van der Waals surface area contributed by atoms with Crippen LogP contribution in [0.5, 0.6) is 0 Å². The maximum atomic E-state index is 13.1. The zero-order chi connectivity index (χ0) is 21.0. The number of carbonyl (C=O) groups excluding carboxylic acids is 1. The van der Waals surface area contributed by atoms with Gasteiger partial charge in [0.05, 0.1) is 11.6 Å². The Morgan fingerprint density at radius 2 is 1.93 bits per heavy atom. The van der Waals surface area contributed by atoms with Crippen LogP contribution in [0.4, 0.5) is 10.1 Å². The summed E-state index contributed by atoms with van der Waals surface area (Å²) in [4.78, 5) is 12.6. The molecule has 0 aliphatic carbocycles. The van der Waals surface area contributed by atoms with Gasteiger partial charge >= 0.3 is 10.2 Å². The molecule has 1 aliphatic rings. The lowest BCUT2D eigenvalue weighted by molar-refractivity contribution is -0.126. The first-order valence-corrected chi connectivity index (χ1v) is 11.1. The Kier molecular flexibility index (Phi) is 6.77. The standard InChI is InChI=1S/C20H23ClFN3O3S/c1-24(18-10-8-17(22)9-11-18)29(27,28)25-12-4-6-16(14-25)20(26)23-13-15-5-2-3-7-19(15)21/h2-3,5,7-11,16H,4,6,12-14H2,1H3,(H,23,26)/t16-/m1/s1. The number of anilines is 1. The fraction of sp³-hybridized carbons (Fsp3) is 0.350. The van der Waals surface area contributed by atoms with Gasteiger partial charge in [-0.1, -0.05) is 29.8 Å². The lowest BCUT2D eigenvalue weighted by Gasteiger charge is -2.34. The molecular weight excluding hydrogens is 417 g/mol. The van der Waals surface area contributed by atoms with E-state index in [4.69, 9.17) is 11.6 Å². The van der Waals surface area contributed by atoms with Crippen LogP contribution in [0, 0.1) is 11.7 Å². The minimum Gasteiger partial charge on any atom is -0.352 e. The molecule has 0 aromatic heterocycles. The SMILES string of the molecule is CN(c1ccc(F)cc1)S(=O)(=O)N1CCC[C@@H](C(=O)NCc2ccccc2Cl)C1. The lowest BCUT2D eigenvalue weighted by Crippen LogP contribution is -2.49. The maximum absolute atomic E-state index is 13.1. The van der Waals surface area contributed by atoms with Gasteiger partial charge in [0.1, 0.15) is 5.82 Å². The summed E-state index contributed by atoms with van der Waals surface area (Å²) in [5.41, 5.74) is 1.16. The summed E-state index contributed by atoms with van der Waals surface area (Å²) in [6, 6.07) is 12.5. The minimum absolute atomic E-state index is 0.0994. The van der Waals surface area contributed by atoms with E-state index in [-0.39, 0.29) is 19.0 Å². The van der Waals surface area contributed by atoms with E-state index in [0.717, 1.165) is 9.87 Å². The summed E-state index contributed by atoms with van der Waals surface area (Å²) < 4.78 is 41.5. The van der Waals surface area contributed by atoms with Crippen LogP contribution in [0.1, 0.15) is 18.4 Å². The fourth-order valence-corrected chi connectivity index (χ4v) is 4.96. The van der Waals surface area contributed by atoms with Crippen molar-refractivity contribution in [2.75, 3.05) is 24.4 Å². The van der Waals surface area contributed by atoms with Gasteiger partial charge in [0, 0.05) is 31.7 Å². The predicted molar refractivity (Wildman–Crippen MR) is 111 cm³/mol. The second-order valence-corrected chi connectivity index (χ2v) is 9.33. The Balaban J connectivity index is 1.65. The topological polar surface area (TPSA) is 69.7 Å². The summed E-state index contributed by atoms with van der Waals surface area (Å²) in [6.45, 7) is 0.724. The Labute approximate surface area is 175 Å². The molecule has 1 heterocycles. The first-order valence-electron chi connectivity index (χ1n) is 9.29. The fourth-order valence-electron chi connectivity index (χ4n) is 3.29. The third-order valence-corrected chi connectivity index (χ3v) is 7.28. The van der Waals surface area contributed by atoms with Crippen molar-refractivity contribution in [3.63, 3.8) is 0 Å². The van der Waals surface area contributed by atoms with Gasteiger partial charge in [-0.25, -0.2) is 4.39 Å². The summed E-state index contributed by atoms with van der Waals surface area (Å²) in [7, 11) is -2.40. The second-order valence-electron chi connectivity index (χ2n) is 6.96. The number of carbonyl (C=O) groups is 1. The molecule has 1 N–H and O–H groups in total. The largest absolute Gasteiger partial charge is 0.352 e. The highest BCUT2D eigenvalue weighted by Gasteiger charge is 2.34. The number of benzene rings is 2. The molecule has 9 heteroatoms. The second kappa shape index (κ2) is 9.11. The smallest absolute Gasteiger partial charge is 0.303 e. The molecule has 3 rings (SSSR count). The van der Waals surface area contributed by atoms with Crippen molar-refractivity contribution in [1.29, 1.82) is 0 Å². The number of nitrogens with zero attached hydrogens (tertiary/aromatic N) is 2. The van der Waals surface area contributed by atoms with Gasteiger partial charge in [-0.2, -0.15) is 12.7 Å². The normalized spacial score (nSPS) is 17.7. The van der Waals surface area contributed by atoms with Crippen LogP contribution < -0.4 is 9.62 Å². The maximum Gasteiger partial charge on any atom is 0.303 e. The number of hydrogen-bond acceptors (Lipinski definition) is 3. The van der Waals surface area contributed by atoms with Crippen molar-refractivity contribution in [1.82, 2.24) is 9.62 Å². The summed E-state index contributed by atoms with van der Waals surface area (Å²) in [5.74, 6) is -1.08. The van der Waals surface area contributed by atoms with E-state index >= 15 is 0 Å². The van der Waals surface area contributed by atoms with Crippen molar-refractivity contribution >= 4 is 33.4 Å². The van der Waals surface area contributed by atoms with Crippen LogP contribution in [0.15, 0.2) is 48.5 Å². The van der Waals surface area contributed by atoms with E-state index in [9.17, 15) is 17.6 Å². The highest BCUT2D eigenvalue weighted by molar-refractivity contribution is 7.90. The van der Waals surface area contributed by atoms with Crippen molar-refractivity contribution in [2.24, 2.45) is 5.92 Å². The average molecular weight is 440 g/mol. The van der Waals surface area contributed by atoms with Gasteiger partial charge in [0.15, 0.2) is 0 Å².